The van der Waals surface area contributed by atoms with Crippen LogP contribution in [-0.2, 0) is 0 Å². The molecule has 0 aromatic rings. The second kappa shape index (κ2) is 1.75. The standard InChI is InChI=1S/C3H8N2O2/c6-2-1-4-3(7)5-2/h2-7H,1H2. The van der Waals surface area contributed by atoms with Crippen LogP contribution in [-0.4, -0.2) is 29.3 Å². The Hall–Kier alpha value is -0.160. The van der Waals surface area contributed by atoms with Gasteiger partial charge in [0, 0.05) is 6.54 Å². The Labute approximate surface area is 41.2 Å². The van der Waals surface area contributed by atoms with Crippen molar-refractivity contribution in [3.05, 3.63) is 0 Å². The first-order valence-corrected chi connectivity index (χ1v) is 2.14. The highest BCUT2D eigenvalue weighted by Gasteiger charge is 2.16. The predicted octanol–water partition coefficient (Wildman–Crippen LogP) is -2.23. The van der Waals surface area contributed by atoms with Crippen molar-refractivity contribution < 1.29 is 10.2 Å². The van der Waals surface area contributed by atoms with E-state index in [0.29, 0.717) is 6.54 Å². The van der Waals surface area contributed by atoms with Crippen LogP contribution in [0.2, 0.25) is 0 Å². The molecule has 0 spiro atoms. The first kappa shape index (κ1) is 4.99. The fourth-order valence-corrected chi connectivity index (χ4v) is 0.523. The lowest BCUT2D eigenvalue weighted by Crippen LogP contribution is -2.32. The summed E-state index contributed by atoms with van der Waals surface area (Å²) in [5.74, 6) is 0. The van der Waals surface area contributed by atoms with Gasteiger partial charge in [0.1, 0.15) is 6.23 Å². The Morgan fingerprint density at radius 1 is 1.43 bits per heavy atom. The van der Waals surface area contributed by atoms with Gasteiger partial charge in [-0.1, -0.05) is 0 Å². The molecule has 4 heteroatoms. The van der Waals surface area contributed by atoms with Crippen LogP contribution in [0.15, 0.2) is 0 Å². The predicted molar refractivity (Wildman–Crippen MR) is 23.2 cm³/mol. The molecule has 0 amide bonds. The van der Waals surface area contributed by atoms with Gasteiger partial charge in [-0.15, -0.1) is 0 Å². The van der Waals surface area contributed by atoms with Crippen molar-refractivity contribution in [1.82, 2.24) is 10.6 Å². The fourth-order valence-electron chi connectivity index (χ4n) is 0.523. The van der Waals surface area contributed by atoms with Crippen molar-refractivity contribution >= 4 is 0 Å². The van der Waals surface area contributed by atoms with Crippen LogP contribution in [0.5, 0.6) is 0 Å². The molecule has 0 aromatic heterocycles. The van der Waals surface area contributed by atoms with Gasteiger partial charge in [-0.05, 0) is 0 Å². The average molecular weight is 104 g/mol. The third-order valence-corrected chi connectivity index (χ3v) is 0.855. The van der Waals surface area contributed by atoms with E-state index in [4.69, 9.17) is 10.2 Å². The third kappa shape index (κ3) is 1.10. The Bertz CT molecular complexity index is 60.0. The van der Waals surface area contributed by atoms with Crippen LogP contribution in [0.25, 0.3) is 0 Å². The number of aliphatic hydroxyl groups is 2. The average Bonchev–Trinajstić information content (AvgIpc) is 1.87. The molecule has 0 radical (unpaired) electrons. The molecule has 1 fully saturated rings. The van der Waals surface area contributed by atoms with Gasteiger partial charge in [-0.3, -0.25) is 10.6 Å². The molecular formula is C3H8N2O2. The van der Waals surface area contributed by atoms with Gasteiger partial charge >= 0.3 is 0 Å². The molecule has 0 saturated carbocycles. The van der Waals surface area contributed by atoms with Crippen LogP contribution in [0.4, 0.5) is 0 Å². The number of rotatable bonds is 0. The zero-order valence-electron chi connectivity index (χ0n) is 3.76. The molecule has 1 aliphatic heterocycles. The smallest absolute Gasteiger partial charge is 0.162 e. The van der Waals surface area contributed by atoms with E-state index >= 15 is 0 Å². The Morgan fingerprint density at radius 2 is 2.14 bits per heavy atom. The number of aliphatic hydroxyl groups excluding tert-OH is 2. The monoisotopic (exact) mass is 104 g/mol. The second-order valence-corrected chi connectivity index (χ2v) is 1.49. The minimum Gasteiger partial charge on any atom is -0.377 e. The van der Waals surface area contributed by atoms with Crippen molar-refractivity contribution in [3.63, 3.8) is 0 Å². The van der Waals surface area contributed by atoms with E-state index in [0.717, 1.165) is 0 Å². The maximum Gasteiger partial charge on any atom is 0.162 e. The number of β-amino-alcohol motifs (C(OH)–C–C–N with tert-alkyl or cyclic N) is 1. The highest BCUT2D eigenvalue weighted by Crippen LogP contribution is 1.84. The lowest BCUT2D eigenvalue weighted by atomic mass is 10.6. The van der Waals surface area contributed by atoms with E-state index in [-0.39, 0.29) is 0 Å². The van der Waals surface area contributed by atoms with Crippen LogP contribution in [0.3, 0.4) is 0 Å². The van der Waals surface area contributed by atoms with Crippen LogP contribution in [0.1, 0.15) is 0 Å². The minimum atomic E-state index is -0.727. The van der Waals surface area contributed by atoms with Crippen molar-refractivity contribution in [2.75, 3.05) is 6.54 Å². The van der Waals surface area contributed by atoms with Crippen LogP contribution >= 0.6 is 0 Å². The number of hydrogen-bond donors (Lipinski definition) is 4. The summed E-state index contributed by atoms with van der Waals surface area (Å²) in [6.07, 6.45) is -1.31. The van der Waals surface area contributed by atoms with E-state index in [1.807, 2.05) is 0 Å². The third-order valence-electron chi connectivity index (χ3n) is 0.855. The van der Waals surface area contributed by atoms with Crippen molar-refractivity contribution in [1.29, 1.82) is 0 Å². The van der Waals surface area contributed by atoms with Gasteiger partial charge in [-0.25, -0.2) is 0 Å². The Morgan fingerprint density at radius 3 is 2.29 bits per heavy atom. The largest absolute Gasteiger partial charge is 0.377 e. The van der Waals surface area contributed by atoms with Gasteiger partial charge < -0.3 is 10.2 Å². The maximum absolute atomic E-state index is 8.57. The summed E-state index contributed by atoms with van der Waals surface area (Å²) in [5, 5.41) is 22.1. The van der Waals surface area contributed by atoms with Crippen LogP contribution < -0.4 is 10.6 Å². The summed E-state index contributed by atoms with van der Waals surface area (Å²) >= 11 is 0. The normalized spacial score (nSPS) is 42.0. The summed E-state index contributed by atoms with van der Waals surface area (Å²) in [6, 6.07) is 0. The zero-order valence-corrected chi connectivity index (χ0v) is 3.76. The van der Waals surface area contributed by atoms with E-state index in [2.05, 4.69) is 10.6 Å². The topological polar surface area (TPSA) is 64.5 Å². The molecule has 1 saturated heterocycles. The lowest BCUT2D eigenvalue weighted by Gasteiger charge is -1.99. The SMILES string of the molecule is OC1CNC(O)N1. The molecule has 0 aliphatic carbocycles. The summed E-state index contributed by atoms with van der Waals surface area (Å²) in [5.41, 5.74) is 0. The maximum atomic E-state index is 8.57. The highest BCUT2D eigenvalue weighted by atomic mass is 16.3. The minimum absolute atomic E-state index is 0.418. The summed E-state index contributed by atoms with van der Waals surface area (Å²) < 4.78 is 0. The molecule has 4 nitrogen and oxygen atoms in total. The quantitative estimate of drug-likeness (QED) is 0.281. The molecule has 0 aromatic carbocycles. The lowest BCUT2D eigenvalue weighted by molar-refractivity contribution is 0.0937. The van der Waals surface area contributed by atoms with E-state index in [1.165, 1.54) is 0 Å². The number of hydrogen-bond acceptors (Lipinski definition) is 4. The Balaban J connectivity index is 2.26. The van der Waals surface area contributed by atoms with Gasteiger partial charge in [0.15, 0.2) is 6.35 Å². The first-order valence-electron chi connectivity index (χ1n) is 2.14. The molecule has 7 heavy (non-hydrogen) atoms. The number of nitrogens with one attached hydrogen (secondary N) is 2. The van der Waals surface area contributed by atoms with Gasteiger partial charge in [0.2, 0.25) is 0 Å². The molecule has 1 rings (SSSR count). The van der Waals surface area contributed by atoms with Crippen molar-refractivity contribution in [3.8, 4) is 0 Å². The van der Waals surface area contributed by atoms with Crippen LogP contribution in [0, 0.1) is 0 Å². The van der Waals surface area contributed by atoms with Gasteiger partial charge in [-0.2, -0.15) is 0 Å². The molecule has 2 atom stereocenters. The summed E-state index contributed by atoms with van der Waals surface area (Å²) in [4.78, 5) is 0. The van der Waals surface area contributed by atoms with E-state index in [9.17, 15) is 0 Å². The molecule has 1 heterocycles. The molecular weight excluding hydrogens is 96.0 g/mol. The summed E-state index contributed by atoms with van der Waals surface area (Å²) in [7, 11) is 0. The molecule has 1 aliphatic rings. The zero-order chi connectivity index (χ0) is 5.28. The van der Waals surface area contributed by atoms with E-state index < -0.39 is 12.6 Å². The van der Waals surface area contributed by atoms with Crippen molar-refractivity contribution in [2.24, 2.45) is 0 Å². The van der Waals surface area contributed by atoms with Gasteiger partial charge in [0.25, 0.3) is 0 Å². The van der Waals surface area contributed by atoms with E-state index in [1.54, 1.807) is 0 Å². The summed E-state index contributed by atoms with van der Waals surface area (Å²) in [6.45, 7) is 0.418. The second-order valence-electron chi connectivity index (χ2n) is 1.49. The Kier molecular flexibility index (Phi) is 1.25. The molecule has 2 unspecified atom stereocenters. The highest BCUT2D eigenvalue weighted by molar-refractivity contribution is 4.66. The molecule has 0 bridgehead atoms. The molecule has 42 valence electrons. The first-order chi connectivity index (χ1) is 3.29. The fraction of sp³-hybridized carbons (Fsp3) is 1.00. The van der Waals surface area contributed by atoms with Crippen molar-refractivity contribution in [2.45, 2.75) is 12.6 Å². The molecule has 4 N–H and O–H groups in total. The van der Waals surface area contributed by atoms with Gasteiger partial charge in [0.05, 0.1) is 0 Å².